The molecule has 3 nitrogen and oxygen atoms in total. The Kier molecular flexibility index (Phi) is 3.06. The highest BCUT2D eigenvalue weighted by molar-refractivity contribution is 7.91. The SMILES string of the molecule is CC1CS(=O)(=O)c2ccc(C(C)(C)C)cc2C1N. The predicted octanol–water partition coefficient (Wildman–Crippen LogP) is 2.41. The van der Waals surface area contributed by atoms with Crippen molar-refractivity contribution in [2.75, 3.05) is 5.75 Å². The Labute approximate surface area is 109 Å². The third-order valence-electron chi connectivity index (χ3n) is 3.67. The fourth-order valence-electron chi connectivity index (χ4n) is 2.40. The van der Waals surface area contributed by atoms with Crippen molar-refractivity contribution in [2.24, 2.45) is 11.7 Å². The fraction of sp³-hybridized carbons (Fsp3) is 0.571. The Morgan fingerprint density at radius 3 is 2.44 bits per heavy atom. The second-order valence-electron chi connectivity index (χ2n) is 6.29. The van der Waals surface area contributed by atoms with Crippen LogP contribution in [0.5, 0.6) is 0 Å². The highest BCUT2D eigenvalue weighted by Crippen LogP contribution is 2.36. The van der Waals surface area contributed by atoms with Crippen molar-refractivity contribution in [1.82, 2.24) is 0 Å². The van der Waals surface area contributed by atoms with E-state index in [2.05, 4.69) is 20.8 Å². The second kappa shape index (κ2) is 4.07. The molecule has 0 saturated carbocycles. The lowest BCUT2D eigenvalue weighted by molar-refractivity contribution is 0.476. The Morgan fingerprint density at radius 2 is 1.89 bits per heavy atom. The third-order valence-corrected chi connectivity index (χ3v) is 5.67. The zero-order valence-corrected chi connectivity index (χ0v) is 12.2. The van der Waals surface area contributed by atoms with Crippen LogP contribution in [0.3, 0.4) is 0 Å². The third kappa shape index (κ3) is 2.19. The van der Waals surface area contributed by atoms with Gasteiger partial charge in [0.15, 0.2) is 9.84 Å². The summed E-state index contributed by atoms with van der Waals surface area (Å²) in [6, 6.07) is 5.40. The summed E-state index contributed by atoms with van der Waals surface area (Å²) in [6.45, 7) is 8.23. The summed E-state index contributed by atoms with van der Waals surface area (Å²) < 4.78 is 24.3. The van der Waals surface area contributed by atoms with Crippen molar-refractivity contribution in [1.29, 1.82) is 0 Å². The van der Waals surface area contributed by atoms with Gasteiger partial charge < -0.3 is 5.73 Å². The molecule has 0 aromatic heterocycles. The summed E-state index contributed by atoms with van der Waals surface area (Å²) in [6.07, 6.45) is 0. The van der Waals surface area contributed by atoms with Crippen LogP contribution in [-0.2, 0) is 15.3 Å². The molecule has 1 aliphatic heterocycles. The maximum absolute atomic E-state index is 12.1. The van der Waals surface area contributed by atoms with E-state index in [1.54, 1.807) is 6.07 Å². The van der Waals surface area contributed by atoms with Crippen LogP contribution in [0.15, 0.2) is 23.1 Å². The topological polar surface area (TPSA) is 60.2 Å². The van der Waals surface area contributed by atoms with Gasteiger partial charge in [0.1, 0.15) is 0 Å². The van der Waals surface area contributed by atoms with E-state index < -0.39 is 9.84 Å². The van der Waals surface area contributed by atoms with Crippen LogP contribution in [-0.4, -0.2) is 14.2 Å². The number of rotatable bonds is 0. The molecule has 1 aromatic carbocycles. The molecule has 0 fully saturated rings. The molecule has 2 N–H and O–H groups in total. The molecule has 1 aromatic rings. The van der Waals surface area contributed by atoms with Crippen molar-refractivity contribution < 1.29 is 8.42 Å². The minimum Gasteiger partial charge on any atom is -0.324 e. The number of benzene rings is 1. The highest BCUT2D eigenvalue weighted by Gasteiger charge is 2.34. The predicted molar refractivity (Wildman–Crippen MR) is 73.3 cm³/mol. The lowest BCUT2D eigenvalue weighted by atomic mass is 9.84. The molecule has 0 bridgehead atoms. The first-order valence-electron chi connectivity index (χ1n) is 6.26. The summed E-state index contributed by atoms with van der Waals surface area (Å²) in [5.74, 6) is 0.119. The van der Waals surface area contributed by atoms with E-state index in [4.69, 9.17) is 5.73 Å². The standard InChI is InChI=1S/C14H21NO2S/c1-9-8-18(16,17)12-6-5-10(14(2,3)4)7-11(12)13(9)15/h5-7,9,13H,8,15H2,1-4H3. The molecule has 2 atom stereocenters. The molecule has 0 amide bonds. The van der Waals surface area contributed by atoms with Gasteiger partial charge in [-0.2, -0.15) is 0 Å². The maximum Gasteiger partial charge on any atom is 0.179 e. The lowest BCUT2D eigenvalue weighted by Gasteiger charge is -2.30. The zero-order valence-electron chi connectivity index (χ0n) is 11.4. The van der Waals surface area contributed by atoms with E-state index in [9.17, 15) is 8.42 Å². The maximum atomic E-state index is 12.1. The van der Waals surface area contributed by atoms with Gasteiger partial charge in [-0.1, -0.05) is 39.8 Å². The molecule has 100 valence electrons. The van der Waals surface area contributed by atoms with Gasteiger partial charge in [0, 0.05) is 6.04 Å². The van der Waals surface area contributed by atoms with Crippen molar-refractivity contribution in [3.63, 3.8) is 0 Å². The van der Waals surface area contributed by atoms with Crippen LogP contribution in [0.1, 0.15) is 44.9 Å². The summed E-state index contributed by atoms with van der Waals surface area (Å²) >= 11 is 0. The Morgan fingerprint density at radius 1 is 1.28 bits per heavy atom. The molecule has 18 heavy (non-hydrogen) atoms. The van der Waals surface area contributed by atoms with Gasteiger partial charge >= 0.3 is 0 Å². The molecule has 1 aliphatic rings. The molecule has 2 rings (SSSR count). The fourth-order valence-corrected chi connectivity index (χ4v) is 4.31. The quantitative estimate of drug-likeness (QED) is 0.785. The summed E-state index contributed by atoms with van der Waals surface area (Å²) in [5, 5.41) is 0. The Bertz CT molecular complexity index is 570. The van der Waals surface area contributed by atoms with E-state index in [0.717, 1.165) is 11.1 Å². The van der Waals surface area contributed by atoms with Crippen LogP contribution in [0.2, 0.25) is 0 Å². The molecule has 2 unspecified atom stereocenters. The normalized spacial score (nSPS) is 26.7. The first-order chi connectivity index (χ1) is 8.13. The van der Waals surface area contributed by atoms with Crippen LogP contribution in [0, 0.1) is 5.92 Å². The highest BCUT2D eigenvalue weighted by atomic mass is 32.2. The monoisotopic (exact) mass is 267 g/mol. The minimum atomic E-state index is -3.17. The summed E-state index contributed by atoms with van der Waals surface area (Å²) in [5.41, 5.74) is 8.06. The average Bonchev–Trinajstić information content (AvgIpc) is 2.24. The van der Waals surface area contributed by atoms with Crippen molar-refractivity contribution in [3.05, 3.63) is 29.3 Å². The van der Waals surface area contributed by atoms with E-state index in [-0.39, 0.29) is 23.1 Å². The van der Waals surface area contributed by atoms with Crippen molar-refractivity contribution >= 4 is 9.84 Å². The molecular formula is C14H21NO2S. The first kappa shape index (κ1) is 13.6. The van der Waals surface area contributed by atoms with Gasteiger partial charge in [-0.25, -0.2) is 8.42 Å². The van der Waals surface area contributed by atoms with Gasteiger partial charge in [-0.3, -0.25) is 0 Å². The summed E-state index contributed by atoms with van der Waals surface area (Å²) in [4.78, 5) is 0.418. The zero-order chi connectivity index (χ0) is 13.7. The van der Waals surface area contributed by atoms with Crippen molar-refractivity contribution in [2.45, 2.75) is 44.0 Å². The Hall–Kier alpha value is -0.870. The number of fused-ring (bicyclic) bond motifs is 1. The van der Waals surface area contributed by atoms with Crippen LogP contribution < -0.4 is 5.73 Å². The van der Waals surface area contributed by atoms with Gasteiger partial charge in [-0.15, -0.1) is 0 Å². The van der Waals surface area contributed by atoms with Crippen LogP contribution in [0.25, 0.3) is 0 Å². The molecule has 0 spiro atoms. The van der Waals surface area contributed by atoms with E-state index in [1.807, 2.05) is 19.1 Å². The van der Waals surface area contributed by atoms with Gasteiger partial charge in [-0.05, 0) is 28.5 Å². The van der Waals surface area contributed by atoms with Gasteiger partial charge in [0.25, 0.3) is 0 Å². The number of sulfone groups is 1. The number of hydrogen-bond donors (Lipinski definition) is 1. The van der Waals surface area contributed by atoms with Crippen molar-refractivity contribution in [3.8, 4) is 0 Å². The molecule has 1 heterocycles. The van der Waals surface area contributed by atoms with E-state index >= 15 is 0 Å². The molecule has 0 radical (unpaired) electrons. The largest absolute Gasteiger partial charge is 0.324 e. The van der Waals surface area contributed by atoms with Gasteiger partial charge in [0.05, 0.1) is 10.6 Å². The summed E-state index contributed by atoms with van der Waals surface area (Å²) in [7, 11) is -3.17. The molecule has 4 heteroatoms. The molecule has 0 saturated heterocycles. The Balaban J connectivity index is 2.65. The second-order valence-corrected chi connectivity index (χ2v) is 8.29. The number of nitrogens with two attached hydrogens (primary N) is 1. The number of hydrogen-bond acceptors (Lipinski definition) is 3. The van der Waals surface area contributed by atoms with E-state index in [0.29, 0.717) is 4.90 Å². The lowest BCUT2D eigenvalue weighted by Crippen LogP contribution is -2.33. The van der Waals surface area contributed by atoms with Crippen LogP contribution in [0.4, 0.5) is 0 Å². The van der Waals surface area contributed by atoms with Crippen LogP contribution >= 0.6 is 0 Å². The van der Waals surface area contributed by atoms with Gasteiger partial charge in [0.2, 0.25) is 0 Å². The van der Waals surface area contributed by atoms with E-state index in [1.165, 1.54) is 0 Å². The molecule has 0 aliphatic carbocycles. The molecular weight excluding hydrogens is 246 g/mol. The first-order valence-corrected chi connectivity index (χ1v) is 7.91. The smallest absolute Gasteiger partial charge is 0.179 e. The minimum absolute atomic E-state index is 0.000796. The average molecular weight is 267 g/mol.